The maximum absolute atomic E-state index is 12.2. The van der Waals surface area contributed by atoms with E-state index in [0.717, 1.165) is 19.3 Å². The molecule has 0 aliphatic carbocycles. The van der Waals surface area contributed by atoms with Gasteiger partial charge in [0.15, 0.2) is 0 Å². The lowest BCUT2D eigenvalue weighted by Gasteiger charge is -2.32. The van der Waals surface area contributed by atoms with Crippen molar-refractivity contribution < 1.29 is 8.42 Å². The maximum Gasteiger partial charge on any atom is 0.280 e. The standard InChI is InChI=1S/C11H19ClN4O2S/c1-9-5-3-4-6-16(9)19(17,18)14-8-11-13-7-10(12)15(11)2/h7,9,14H,3-6,8H2,1-2H3/t9-/m1/s1. The van der Waals surface area contributed by atoms with E-state index in [2.05, 4.69) is 9.71 Å². The molecule has 1 aromatic rings. The average Bonchev–Trinajstić information content (AvgIpc) is 2.68. The van der Waals surface area contributed by atoms with Crippen LogP contribution < -0.4 is 4.72 Å². The first kappa shape index (κ1) is 14.8. The smallest absolute Gasteiger partial charge is 0.280 e. The second kappa shape index (κ2) is 5.78. The topological polar surface area (TPSA) is 67.2 Å². The molecular formula is C11H19ClN4O2S. The average molecular weight is 307 g/mol. The second-order valence-electron chi connectivity index (χ2n) is 4.84. The molecule has 1 fully saturated rings. The molecule has 0 aromatic carbocycles. The number of piperidine rings is 1. The van der Waals surface area contributed by atoms with Crippen molar-refractivity contribution in [3.05, 3.63) is 17.2 Å². The molecule has 0 spiro atoms. The van der Waals surface area contributed by atoms with Crippen LogP contribution in [0, 0.1) is 0 Å². The normalized spacial score (nSPS) is 21.7. The molecule has 1 saturated heterocycles. The van der Waals surface area contributed by atoms with Gasteiger partial charge in [-0.15, -0.1) is 0 Å². The number of aromatic nitrogens is 2. The van der Waals surface area contributed by atoms with Gasteiger partial charge in [-0.2, -0.15) is 17.4 Å². The molecule has 8 heteroatoms. The molecule has 0 radical (unpaired) electrons. The summed E-state index contributed by atoms with van der Waals surface area (Å²) in [5.41, 5.74) is 0. The SMILES string of the molecule is C[C@@H]1CCCCN1S(=O)(=O)NCc1ncc(Cl)n1C. The first-order chi connectivity index (χ1) is 8.92. The zero-order chi connectivity index (χ0) is 14.0. The molecule has 1 N–H and O–H groups in total. The summed E-state index contributed by atoms with van der Waals surface area (Å²) in [6.07, 6.45) is 4.42. The molecule has 0 unspecified atom stereocenters. The summed E-state index contributed by atoms with van der Waals surface area (Å²) >= 11 is 5.86. The Morgan fingerprint density at radius 3 is 2.84 bits per heavy atom. The summed E-state index contributed by atoms with van der Waals surface area (Å²) < 4.78 is 30.2. The highest BCUT2D eigenvalue weighted by atomic mass is 35.5. The van der Waals surface area contributed by atoms with Crippen LogP contribution in [0.3, 0.4) is 0 Å². The highest BCUT2D eigenvalue weighted by molar-refractivity contribution is 7.87. The van der Waals surface area contributed by atoms with Crippen LogP contribution in [0.2, 0.25) is 5.15 Å². The molecule has 1 aliphatic heterocycles. The van der Waals surface area contributed by atoms with E-state index in [4.69, 9.17) is 11.6 Å². The van der Waals surface area contributed by atoms with Crippen molar-refractivity contribution in [2.24, 2.45) is 7.05 Å². The van der Waals surface area contributed by atoms with Crippen LogP contribution in [0.4, 0.5) is 0 Å². The van der Waals surface area contributed by atoms with Gasteiger partial charge in [0, 0.05) is 19.6 Å². The third-order valence-corrected chi connectivity index (χ3v) is 5.51. The van der Waals surface area contributed by atoms with Gasteiger partial charge in [-0.3, -0.25) is 0 Å². The minimum atomic E-state index is -3.45. The van der Waals surface area contributed by atoms with E-state index < -0.39 is 10.2 Å². The third kappa shape index (κ3) is 3.28. The van der Waals surface area contributed by atoms with Gasteiger partial charge in [0.25, 0.3) is 10.2 Å². The number of imidazole rings is 1. The first-order valence-electron chi connectivity index (χ1n) is 6.34. The Kier molecular flexibility index (Phi) is 4.50. The number of hydrogen-bond acceptors (Lipinski definition) is 3. The van der Waals surface area contributed by atoms with Crippen molar-refractivity contribution in [3.63, 3.8) is 0 Å². The lowest BCUT2D eigenvalue weighted by atomic mass is 10.1. The lowest BCUT2D eigenvalue weighted by Crippen LogP contribution is -2.47. The molecule has 2 rings (SSSR count). The molecule has 0 saturated carbocycles. The van der Waals surface area contributed by atoms with E-state index in [-0.39, 0.29) is 12.6 Å². The van der Waals surface area contributed by atoms with Crippen molar-refractivity contribution >= 4 is 21.8 Å². The molecule has 0 amide bonds. The van der Waals surface area contributed by atoms with Gasteiger partial charge >= 0.3 is 0 Å². The molecule has 1 aliphatic rings. The Bertz CT molecular complexity index is 543. The second-order valence-corrected chi connectivity index (χ2v) is 6.93. The van der Waals surface area contributed by atoms with E-state index in [1.165, 1.54) is 10.5 Å². The van der Waals surface area contributed by atoms with Crippen molar-refractivity contribution in [1.82, 2.24) is 18.6 Å². The first-order valence-corrected chi connectivity index (χ1v) is 8.16. The number of nitrogens with one attached hydrogen (secondary N) is 1. The fourth-order valence-electron chi connectivity index (χ4n) is 2.26. The molecule has 19 heavy (non-hydrogen) atoms. The summed E-state index contributed by atoms with van der Waals surface area (Å²) in [7, 11) is -1.70. The molecule has 1 aromatic heterocycles. The number of halogens is 1. The van der Waals surface area contributed by atoms with Gasteiger partial charge in [-0.05, 0) is 19.8 Å². The minimum absolute atomic E-state index is 0.0520. The Balaban J connectivity index is 2.03. The van der Waals surface area contributed by atoms with Crippen LogP contribution in [-0.4, -0.2) is 34.9 Å². The van der Waals surface area contributed by atoms with Crippen molar-refractivity contribution in [3.8, 4) is 0 Å². The Labute approximate surface area is 118 Å². The van der Waals surface area contributed by atoms with Crippen LogP contribution in [0.1, 0.15) is 32.0 Å². The van der Waals surface area contributed by atoms with Crippen molar-refractivity contribution in [2.45, 2.75) is 38.8 Å². The largest absolute Gasteiger partial charge is 0.321 e. The maximum atomic E-state index is 12.2. The van der Waals surface area contributed by atoms with Crippen molar-refractivity contribution in [2.75, 3.05) is 6.54 Å². The van der Waals surface area contributed by atoms with Gasteiger partial charge in [-0.25, -0.2) is 4.98 Å². The monoisotopic (exact) mass is 306 g/mol. The van der Waals surface area contributed by atoms with Crippen LogP contribution >= 0.6 is 11.6 Å². The van der Waals surface area contributed by atoms with E-state index in [9.17, 15) is 8.42 Å². The predicted octanol–water partition coefficient (Wildman–Crippen LogP) is 1.28. The zero-order valence-electron chi connectivity index (χ0n) is 11.1. The minimum Gasteiger partial charge on any atom is -0.321 e. The van der Waals surface area contributed by atoms with Crippen LogP contribution in [0.15, 0.2) is 6.20 Å². The lowest BCUT2D eigenvalue weighted by molar-refractivity contribution is 0.265. The fraction of sp³-hybridized carbons (Fsp3) is 0.727. The predicted molar refractivity (Wildman–Crippen MR) is 74.0 cm³/mol. The van der Waals surface area contributed by atoms with Crippen molar-refractivity contribution in [1.29, 1.82) is 0 Å². The summed E-state index contributed by atoms with van der Waals surface area (Å²) in [6.45, 7) is 2.67. The fourth-order valence-corrected chi connectivity index (χ4v) is 3.83. The van der Waals surface area contributed by atoms with E-state index in [1.54, 1.807) is 11.6 Å². The molecule has 2 heterocycles. The highest BCUT2D eigenvalue weighted by Gasteiger charge is 2.29. The summed E-state index contributed by atoms with van der Waals surface area (Å²) in [4.78, 5) is 4.07. The summed E-state index contributed by atoms with van der Waals surface area (Å²) in [6, 6.07) is 0.0520. The quantitative estimate of drug-likeness (QED) is 0.911. The Morgan fingerprint density at radius 2 is 2.26 bits per heavy atom. The van der Waals surface area contributed by atoms with E-state index in [1.807, 2.05) is 6.92 Å². The Morgan fingerprint density at radius 1 is 1.53 bits per heavy atom. The molecular weight excluding hydrogens is 288 g/mol. The number of hydrogen-bond donors (Lipinski definition) is 1. The van der Waals surface area contributed by atoms with Gasteiger partial charge < -0.3 is 4.57 Å². The summed E-state index contributed by atoms with van der Waals surface area (Å²) in [5.74, 6) is 0.596. The van der Waals surface area contributed by atoms with E-state index >= 15 is 0 Å². The summed E-state index contributed by atoms with van der Waals surface area (Å²) in [5, 5.41) is 0.487. The molecule has 108 valence electrons. The van der Waals surface area contributed by atoms with Crippen LogP contribution in [0.5, 0.6) is 0 Å². The Hall–Kier alpha value is -0.630. The third-order valence-electron chi connectivity index (χ3n) is 3.49. The van der Waals surface area contributed by atoms with Gasteiger partial charge in [-0.1, -0.05) is 18.0 Å². The molecule has 6 nitrogen and oxygen atoms in total. The highest BCUT2D eigenvalue weighted by Crippen LogP contribution is 2.19. The molecule has 1 atom stereocenters. The molecule has 0 bridgehead atoms. The van der Waals surface area contributed by atoms with Gasteiger partial charge in [0.05, 0.1) is 12.7 Å². The van der Waals surface area contributed by atoms with Gasteiger partial charge in [0.2, 0.25) is 0 Å². The van der Waals surface area contributed by atoms with Crippen LogP contribution in [0.25, 0.3) is 0 Å². The van der Waals surface area contributed by atoms with Gasteiger partial charge in [0.1, 0.15) is 11.0 Å². The van der Waals surface area contributed by atoms with Crippen LogP contribution in [-0.2, 0) is 23.8 Å². The zero-order valence-corrected chi connectivity index (χ0v) is 12.7. The number of rotatable bonds is 4. The number of nitrogens with zero attached hydrogens (tertiary/aromatic N) is 3. The van der Waals surface area contributed by atoms with E-state index in [0.29, 0.717) is 17.5 Å².